The van der Waals surface area contributed by atoms with E-state index >= 15 is 0 Å². The molecule has 8 nitrogen and oxygen atoms in total. The normalized spacial score (nSPS) is 12.8. The van der Waals surface area contributed by atoms with Crippen LogP contribution < -0.4 is 0 Å². The molecule has 0 fully saturated rings. The first-order valence-electron chi connectivity index (χ1n) is 5.71. The first-order valence-corrected chi connectivity index (χ1v) is 5.71. The first kappa shape index (κ1) is 16.2. The molecule has 0 spiro atoms. The van der Waals surface area contributed by atoms with E-state index in [2.05, 4.69) is 9.47 Å². The number of esters is 2. The summed E-state index contributed by atoms with van der Waals surface area (Å²) in [4.78, 5) is 44.6. The van der Waals surface area contributed by atoms with Crippen LogP contribution in [0.25, 0.3) is 0 Å². The van der Waals surface area contributed by atoms with Crippen LogP contribution in [0.3, 0.4) is 0 Å². The number of rotatable bonds is 6. The van der Waals surface area contributed by atoms with Crippen molar-refractivity contribution >= 4 is 23.9 Å². The molecule has 0 amide bonds. The third-order valence-electron chi connectivity index (χ3n) is 2.30. The number of ether oxygens (including phenoxy) is 2. The largest absolute Gasteiger partial charge is 0.478 e. The Bertz CT molecular complexity index is 551. The minimum absolute atomic E-state index is 0.0377. The maximum absolute atomic E-state index is 11.8. The lowest BCUT2D eigenvalue weighted by Crippen LogP contribution is -2.45. The van der Waals surface area contributed by atoms with Gasteiger partial charge in [0.1, 0.15) is 0 Å². The van der Waals surface area contributed by atoms with Crippen molar-refractivity contribution in [1.29, 1.82) is 0 Å². The number of carboxylic acid groups (broad SMARTS) is 2. The number of carboxylic acids is 2. The number of aliphatic carboxylic acids is 2. The Hall–Kier alpha value is -2.90. The van der Waals surface area contributed by atoms with E-state index in [1.54, 1.807) is 6.07 Å². The molecule has 21 heavy (non-hydrogen) atoms. The zero-order valence-corrected chi connectivity index (χ0v) is 10.9. The van der Waals surface area contributed by atoms with Gasteiger partial charge in [0.15, 0.2) is 0 Å². The zero-order valence-electron chi connectivity index (χ0n) is 10.9. The van der Waals surface area contributed by atoms with Crippen molar-refractivity contribution in [3.05, 3.63) is 35.9 Å². The van der Waals surface area contributed by atoms with Gasteiger partial charge < -0.3 is 19.7 Å². The molecule has 0 aliphatic rings. The van der Waals surface area contributed by atoms with Gasteiger partial charge in [-0.3, -0.25) is 4.79 Å². The van der Waals surface area contributed by atoms with Crippen LogP contribution in [0.4, 0.5) is 0 Å². The monoisotopic (exact) mass is 296 g/mol. The second kappa shape index (κ2) is 7.04. The SMILES string of the molecule is CC(=O)OC(C(=O)O)C(OC(=O)c1ccccc1)C(=O)O. The third-order valence-corrected chi connectivity index (χ3v) is 2.30. The van der Waals surface area contributed by atoms with Crippen LogP contribution in [0.5, 0.6) is 0 Å². The van der Waals surface area contributed by atoms with E-state index in [1.807, 2.05) is 0 Å². The molecule has 0 heterocycles. The third kappa shape index (κ3) is 4.60. The lowest BCUT2D eigenvalue weighted by Gasteiger charge is -2.20. The molecule has 1 aromatic rings. The number of carbonyl (C=O) groups is 4. The van der Waals surface area contributed by atoms with E-state index in [9.17, 15) is 19.2 Å². The summed E-state index contributed by atoms with van der Waals surface area (Å²) in [5.74, 6) is -5.53. The van der Waals surface area contributed by atoms with E-state index < -0.39 is 36.1 Å². The van der Waals surface area contributed by atoms with Crippen molar-refractivity contribution in [2.24, 2.45) is 0 Å². The Morgan fingerprint density at radius 3 is 1.81 bits per heavy atom. The summed E-state index contributed by atoms with van der Waals surface area (Å²) >= 11 is 0. The average Bonchev–Trinajstić information content (AvgIpc) is 2.42. The fourth-order valence-electron chi connectivity index (χ4n) is 1.42. The van der Waals surface area contributed by atoms with Gasteiger partial charge in [0.25, 0.3) is 0 Å². The van der Waals surface area contributed by atoms with Gasteiger partial charge in [-0.25, -0.2) is 14.4 Å². The molecule has 0 saturated heterocycles. The molecular formula is C13H12O8. The molecule has 0 bridgehead atoms. The van der Waals surface area contributed by atoms with Gasteiger partial charge in [-0.15, -0.1) is 0 Å². The molecule has 1 rings (SSSR count). The first-order chi connectivity index (χ1) is 9.82. The van der Waals surface area contributed by atoms with Crippen LogP contribution in [0.2, 0.25) is 0 Å². The number of hydrogen-bond donors (Lipinski definition) is 2. The molecule has 0 saturated carbocycles. The minimum atomic E-state index is -2.15. The van der Waals surface area contributed by atoms with Crippen molar-refractivity contribution in [2.45, 2.75) is 19.1 Å². The number of carbonyl (C=O) groups excluding carboxylic acids is 2. The average molecular weight is 296 g/mol. The smallest absolute Gasteiger partial charge is 0.349 e. The quantitative estimate of drug-likeness (QED) is 0.718. The van der Waals surface area contributed by atoms with Crippen LogP contribution in [0.15, 0.2) is 30.3 Å². The summed E-state index contributed by atoms with van der Waals surface area (Å²) in [5, 5.41) is 17.9. The summed E-state index contributed by atoms with van der Waals surface area (Å²) in [6.07, 6.45) is -4.29. The van der Waals surface area contributed by atoms with Gasteiger partial charge in [0.05, 0.1) is 5.56 Å². The second-order valence-electron chi connectivity index (χ2n) is 3.90. The van der Waals surface area contributed by atoms with E-state index in [0.717, 1.165) is 6.92 Å². The standard InChI is InChI=1S/C13H12O8/c1-7(14)20-9(11(15)16)10(12(17)18)21-13(19)8-5-3-2-4-6-8/h2-6,9-10H,1H3,(H,15,16)(H,17,18). The predicted octanol–water partition coefficient (Wildman–Crippen LogP) is 0.313. The van der Waals surface area contributed by atoms with Crippen LogP contribution in [-0.4, -0.2) is 46.3 Å². The van der Waals surface area contributed by atoms with Gasteiger partial charge in [-0.1, -0.05) is 18.2 Å². The molecule has 2 unspecified atom stereocenters. The summed E-state index contributed by atoms with van der Waals surface area (Å²) in [6, 6.07) is 7.40. The minimum Gasteiger partial charge on any atom is -0.478 e. The summed E-state index contributed by atoms with van der Waals surface area (Å²) in [7, 11) is 0. The fourth-order valence-corrected chi connectivity index (χ4v) is 1.42. The highest BCUT2D eigenvalue weighted by molar-refractivity contribution is 5.93. The fraction of sp³-hybridized carbons (Fsp3) is 0.231. The topological polar surface area (TPSA) is 127 Å². The van der Waals surface area contributed by atoms with Crippen molar-refractivity contribution in [1.82, 2.24) is 0 Å². The highest BCUT2D eigenvalue weighted by Crippen LogP contribution is 2.10. The molecule has 0 aliphatic heterocycles. The van der Waals surface area contributed by atoms with Gasteiger partial charge in [0, 0.05) is 6.92 Å². The van der Waals surface area contributed by atoms with Gasteiger partial charge >= 0.3 is 23.9 Å². The van der Waals surface area contributed by atoms with Crippen molar-refractivity contribution in [3.63, 3.8) is 0 Å². The van der Waals surface area contributed by atoms with Crippen LogP contribution >= 0.6 is 0 Å². The molecule has 8 heteroatoms. The van der Waals surface area contributed by atoms with Gasteiger partial charge in [-0.05, 0) is 12.1 Å². The van der Waals surface area contributed by atoms with Crippen LogP contribution in [0, 0.1) is 0 Å². The highest BCUT2D eigenvalue weighted by Gasteiger charge is 2.40. The Morgan fingerprint density at radius 2 is 1.38 bits per heavy atom. The molecule has 112 valence electrons. The number of benzene rings is 1. The molecular weight excluding hydrogens is 284 g/mol. The zero-order chi connectivity index (χ0) is 16.0. The maximum Gasteiger partial charge on any atom is 0.349 e. The molecule has 2 atom stereocenters. The van der Waals surface area contributed by atoms with E-state index in [4.69, 9.17) is 10.2 Å². The van der Waals surface area contributed by atoms with E-state index in [0.29, 0.717) is 0 Å². The van der Waals surface area contributed by atoms with Gasteiger partial charge in [-0.2, -0.15) is 0 Å². The molecule has 0 radical (unpaired) electrons. The van der Waals surface area contributed by atoms with Crippen LogP contribution in [0.1, 0.15) is 17.3 Å². The molecule has 2 N–H and O–H groups in total. The predicted molar refractivity (Wildman–Crippen MR) is 66.5 cm³/mol. The van der Waals surface area contributed by atoms with E-state index in [-0.39, 0.29) is 5.56 Å². The Kier molecular flexibility index (Phi) is 5.41. The Labute approximate surface area is 118 Å². The Morgan fingerprint density at radius 1 is 0.905 bits per heavy atom. The van der Waals surface area contributed by atoms with Crippen molar-refractivity contribution in [2.75, 3.05) is 0 Å². The van der Waals surface area contributed by atoms with Crippen molar-refractivity contribution < 1.29 is 38.9 Å². The lowest BCUT2D eigenvalue weighted by atomic mass is 10.2. The molecule has 0 aromatic heterocycles. The number of hydrogen-bond acceptors (Lipinski definition) is 6. The highest BCUT2D eigenvalue weighted by atomic mass is 16.6. The summed E-state index contributed by atoms with van der Waals surface area (Å²) in [6.45, 7) is 0.911. The van der Waals surface area contributed by atoms with Crippen LogP contribution in [-0.2, 0) is 23.9 Å². The maximum atomic E-state index is 11.8. The Balaban J connectivity index is 2.95. The second-order valence-corrected chi connectivity index (χ2v) is 3.90. The van der Waals surface area contributed by atoms with Crippen molar-refractivity contribution in [3.8, 4) is 0 Å². The van der Waals surface area contributed by atoms with Gasteiger partial charge in [0.2, 0.25) is 12.2 Å². The molecule has 0 aliphatic carbocycles. The summed E-state index contributed by atoms with van der Waals surface area (Å²) < 4.78 is 9.00. The lowest BCUT2D eigenvalue weighted by molar-refractivity contribution is -0.177. The summed E-state index contributed by atoms with van der Waals surface area (Å²) in [5.41, 5.74) is 0.0377. The van der Waals surface area contributed by atoms with E-state index in [1.165, 1.54) is 24.3 Å². The molecule has 1 aromatic carbocycles.